The van der Waals surface area contributed by atoms with E-state index in [4.69, 9.17) is 4.74 Å². The monoisotopic (exact) mass is 226 g/mol. The fraction of sp³-hybridized carbons (Fsp3) is 0.818. The Kier molecular flexibility index (Phi) is 3.43. The smallest absolute Gasteiger partial charge is 0.245 e. The van der Waals surface area contributed by atoms with Crippen molar-refractivity contribution in [2.24, 2.45) is 5.92 Å². The third-order valence-electron chi connectivity index (χ3n) is 3.13. The van der Waals surface area contributed by atoms with Crippen molar-refractivity contribution in [3.63, 3.8) is 0 Å². The number of piperazine rings is 1. The first-order valence-corrected chi connectivity index (χ1v) is 5.82. The SMILES string of the molecule is CC1NC(=O)CN(CC2CCCOC2)C1=O. The van der Waals surface area contributed by atoms with Gasteiger partial charge in [-0.1, -0.05) is 0 Å². The average Bonchev–Trinajstić information content (AvgIpc) is 2.27. The molecule has 2 heterocycles. The van der Waals surface area contributed by atoms with Crippen LogP contribution in [0.15, 0.2) is 0 Å². The molecule has 0 spiro atoms. The van der Waals surface area contributed by atoms with E-state index >= 15 is 0 Å². The van der Waals surface area contributed by atoms with Gasteiger partial charge in [0.2, 0.25) is 11.8 Å². The van der Waals surface area contributed by atoms with Crippen LogP contribution in [-0.4, -0.2) is 49.1 Å². The summed E-state index contributed by atoms with van der Waals surface area (Å²) in [5.74, 6) is 0.338. The molecule has 5 heteroatoms. The minimum atomic E-state index is -0.384. The number of hydrogen-bond acceptors (Lipinski definition) is 3. The number of nitrogens with one attached hydrogen (secondary N) is 1. The highest BCUT2D eigenvalue weighted by Crippen LogP contribution is 2.16. The second kappa shape index (κ2) is 4.82. The molecule has 2 aliphatic heterocycles. The van der Waals surface area contributed by atoms with Crippen LogP contribution >= 0.6 is 0 Å². The van der Waals surface area contributed by atoms with Gasteiger partial charge in [0.1, 0.15) is 6.04 Å². The van der Waals surface area contributed by atoms with Crippen LogP contribution in [0.25, 0.3) is 0 Å². The second-order valence-electron chi connectivity index (χ2n) is 4.59. The molecule has 2 rings (SSSR count). The van der Waals surface area contributed by atoms with Gasteiger partial charge >= 0.3 is 0 Å². The molecule has 2 amide bonds. The average molecular weight is 226 g/mol. The molecule has 2 saturated heterocycles. The van der Waals surface area contributed by atoms with E-state index in [1.54, 1.807) is 11.8 Å². The Hall–Kier alpha value is -1.10. The van der Waals surface area contributed by atoms with E-state index in [1.165, 1.54) is 0 Å². The number of carbonyl (C=O) groups excluding carboxylic acids is 2. The van der Waals surface area contributed by atoms with Gasteiger partial charge < -0.3 is 15.0 Å². The summed E-state index contributed by atoms with van der Waals surface area (Å²) >= 11 is 0. The lowest BCUT2D eigenvalue weighted by molar-refractivity contribution is -0.144. The van der Waals surface area contributed by atoms with Gasteiger partial charge in [-0.25, -0.2) is 0 Å². The highest BCUT2D eigenvalue weighted by atomic mass is 16.5. The minimum absolute atomic E-state index is 0.0187. The molecule has 5 nitrogen and oxygen atoms in total. The van der Waals surface area contributed by atoms with Gasteiger partial charge in [0.15, 0.2) is 0 Å². The van der Waals surface area contributed by atoms with Gasteiger partial charge in [0, 0.05) is 13.2 Å². The summed E-state index contributed by atoms with van der Waals surface area (Å²) in [5, 5.41) is 2.63. The molecule has 0 aliphatic carbocycles. The van der Waals surface area contributed by atoms with Crippen LogP contribution < -0.4 is 5.32 Å². The van der Waals surface area contributed by atoms with Crippen molar-refractivity contribution in [1.82, 2.24) is 10.2 Å². The lowest BCUT2D eigenvalue weighted by Gasteiger charge is -2.34. The first-order chi connectivity index (χ1) is 7.66. The van der Waals surface area contributed by atoms with Crippen LogP contribution in [0.5, 0.6) is 0 Å². The number of rotatable bonds is 2. The fourth-order valence-electron chi connectivity index (χ4n) is 2.29. The first-order valence-electron chi connectivity index (χ1n) is 5.82. The first kappa shape index (κ1) is 11.4. The number of nitrogens with zero attached hydrogens (tertiary/aromatic N) is 1. The van der Waals surface area contributed by atoms with Crippen LogP contribution in [0.2, 0.25) is 0 Å². The molecule has 0 radical (unpaired) electrons. The lowest BCUT2D eigenvalue weighted by atomic mass is 10.0. The topological polar surface area (TPSA) is 58.6 Å². The molecule has 1 N–H and O–H groups in total. The Bertz CT molecular complexity index is 287. The summed E-state index contributed by atoms with van der Waals surface area (Å²) in [6.07, 6.45) is 2.13. The lowest BCUT2D eigenvalue weighted by Crippen LogP contribution is -2.57. The Morgan fingerprint density at radius 3 is 3.00 bits per heavy atom. The number of hydrogen-bond donors (Lipinski definition) is 1. The van der Waals surface area contributed by atoms with Crippen LogP contribution in [0, 0.1) is 5.92 Å². The van der Waals surface area contributed by atoms with Crippen molar-refractivity contribution in [1.29, 1.82) is 0 Å². The van der Waals surface area contributed by atoms with Gasteiger partial charge in [-0.05, 0) is 25.7 Å². The molecule has 2 aliphatic rings. The summed E-state index contributed by atoms with van der Waals surface area (Å²) in [6, 6.07) is -0.384. The van der Waals surface area contributed by atoms with Crippen molar-refractivity contribution in [3.8, 4) is 0 Å². The second-order valence-corrected chi connectivity index (χ2v) is 4.59. The summed E-state index contributed by atoms with van der Waals surface area (Å²) < 4.78 is 5.37. The van der Waals surface area contributed by atoms with Gasteiger partial charge in [0.05, 0.1) is 13.2 Å². The van der Waals surface area contributed by atoms with E-state index in [2.05, 4.69) is 5.32 Å². The molecule has 2 fully saturated rings. The molecule has 2 atom stereocenters. The third kappa shape index (κ3) is 2.52. The Balaban J connectivity index is 1.91. The normalized spacial score (nSPS) is 31.4. The van der Waals surface area contributed by atoms with Crippen LogP contribution in [0.4, 0.5) is 0 Å². The zero-order chi connectivity index (χ0) is 11.5. The zero-order valence-electron chi connectivity index (χ0n) is 9.57. The van der Waals surface area contributed by atoms with Gasteiger partial charge in [0.25, 0.3) is 0 Å². The Morgan fingerprint density at radius 2 is 2.31 bits per heavy atom. The molecular formula is C11H18N2O3. The van der Waals surface area contributed by atoms with E-state index in [0.717, 1.165) is 19.4 Å². The maximum Gasteiger partial charge on any atom is 0.245 e. The Morgan fingerprint density at radius 1 is 1.50 bits per heavy atom. The maximum absolute atomic E-state index is 11.8. The van der Waals surface area contributed by atoms with Gasteiger partial charge in [-0.2, -0.15) is 0 Å². The zero-order valence-corrected chi connectivity index (χ0v) is 9.57. The summed E-state index contributed by atoms with van der Waals surface area (Å²) in [5.41, 5.74) is 0. The van der Waals surface area contributed by atoms with E-state index in [-0.39, 0.29) is 24.4 Å². The summed E-state index contributed by atoms with van der Waals surface area (Å²) in [6.45, 7) is 4.10. The highest BCUT2D eigenvalue weighted by molar-refractivity contribution is 5.94. The van der Waals surface area contributed by atoms with Crippen molar-refractivity contribution < 1.29 is 14.3 Å². The van der Waals surface area contributed by atoms with Crippen LogP contribution in [0.1, 0.15) is 19.8 Å². The van der Waals surface area contributed by atoms with Gasteiger partial charge in [-0.3, -0.25) is 9.59 Å². The third-order valence-corrected chi connectivity index (χ3v) is 3.13. The van der Waals surface area contributed by atoms with E-state index < -0.39 is 0 Å². The molecule has 0 aromatic heterocycles. The molecule has 16 heavy (non-hydrogen) atoms. The van der Waals surface area contributed by atoms with Gasteiger partial charge in [-0.15, -0.1) is 0 Å². The highest BCUT2D eigenvalue weighted by Gasteiger charge is 2.31. The van der Waals surface area contributed by atoms with Crippen molar-refractivity contribution in [2.45, 2.75) is 25.8 Å². The van der Waals surface area contributed by atoms with E-state index in [9.17, 15) is 9.59 Å². The quantitative estimate of drug-likeness (QED) is 0.707. The van der Waals surface area contributed by atoms with E-state index in [1.807, 2.05) is 0 Å². The van der Waals surface area contributed by atoms with E-state index in [0.29, 0.717) is 19.1 Å². The van der Waals surface area contributed by atoms with Crippen molar-refractivity contribution in [2.75, 3.05) is 26.3 Å². The predicted molar refractivity (Wildman–Crippen MR) is 57.7 cm³/mol. The summed E-state index contributed by atoms with van der Waals surface area (Å²) in [7, 11) is 0. The number of amides is 2. The molecule has 0 saturated carbocycles. The molecule has 0 aromatic rings. The number of ether oxygens (including phenoxy) is 1. The Labute approximate surface area is 95.1 Å². The molecule has 0 bridgehead atoms. The minimum Gasteiger partial charge on any atom is -0.381 e. The predicted octanol–water partition coefficient (Wildman–Crippen LogP) is -0.240. The van der Waals surface area contributed by atoms with Crippen molar-refractivity contribution >= 4 is 11.8 Å². The molecule has 90 valence electrons. The molecule has 0 aromatic carbocycles. The van der Waals surface area contributed by atoms with Crippen LogP contribution in [0.3, 0.4) is 0 Å². The standard InChI is InChI=1S/C11H18N2O3/c1-8-11(15)13(6-10(14)12-8)5-9-3-2-4-16-7-9/h8-9H,2-7H2,1H3,(H,12,14). The van der Waals surface area contributed by atoms with Crippen molar-refractivity contribution in [3.05, 3.63) is 0 Å². The molecule has 2 unspecified atom stereocenters. The molecular weight excluding hydrogens is 208 g/mol. The number of carbonyl (C=O) groups is 2. The van der Waals surface area contributed by atoms with Crippen LogP contribution in [-0.2, 0) is 14.3 Å². The summed E-state index contributed by atoms with van der Waals surface area (Å²) in [4.78, 5) is 24.8. The largest absolute Gasteiger partial charge is 0.381 e. The maximum atomic E-state index is 11.8. The fourth-order valence-corrected chi connectivity index (χ4v) is 2.29.